The van der Waals surface area contributed by atoms with Crippen molar-refractivity contribution in [2.45, 2.75) is 32.2 Å². The van der Waals surface area contributed by atoms with Gasteiger partial charge in [0.05, 0.1) is 17.4 Å². The summed E-state index contributed by atoms with van der Waals surface area (Å²) in [6.45, 7) is 2.97. The Morgan fingerprint density at radius 3 is 3.19 bits per heavy atom. The van der Waals surface area contributed by atoms with Gasteiger partial charge in [-0.2, -0.15) is 5.10 Å². The van der Waals surface area contributed by atoms with Crippen LogP contribution >= 0.6 is 0 Å². The zero-order valence-corrected chi connectivity index (χ0v) is 9.79. The fraction of sp³-hybridized carbons (Fsp3) is 0.636. The largest absolute Gasteiger partial charge is 0.322 e. The number of amides is 1. The van der Waals surface area contributed by atoms with E-state index in [9.17, 15) is 4.79 Å². The van der Waals surface area contributed by atoms with E-state index in [0.717, 1.165) is 37.2 Å². The molecule has 5 nitrogen and oxygen atoms in total. The number of aryl methyl sites for hydroxylation is 2. The first-order valence-corrected chi connectivity index (χ1v) is 5.77. The lowest BCUT2D eigenvalue weighted by Gasteiger charge is -2.10. The monoisotopic (exact) mass is 222 g/mol. The van der Waals surface area contributed by atoms with Gasteiger partial charge in [-0.25, -0.2) is 0 Å². The second-order valence-electron chi connectivity index (χ2n) is 4.15. The molecule has 0 aromatic carbocycles. The zero-order chi connectivity index (χ0) is 11.5. The second-order valence-corrected chi connectivity index (χ2v) is 4.15. The van der Waals surface area contributed by atoms with Crippen LogP contribution in [0.25, 0.3) is 0 Å². The number of hydrogen-bond donors (Lipinski definition) is 2. The molecule has 0 spiro atoms. The molecule has 0 radical (unpaired) electrons. The van der Waals surface area contributed by atoms with Crippen molar-refractivity contribution in [2.24, 2.45) is 7.05 Å². The van der Waals surface area contributed by atoms with Gasteiger partial charge in [0.1, 0.15) is 0 Å². The minimum atomic E-state index is -0.0371. The number of hydrogen-bond acceptors (Lipinski definition) is 3. The van der Waals surface area contributed by atoms with Gasteiger partial charge in [0.25, 0.3) is 0 Å². The Balaban J connectivity index is 2.04. The standard InChI is InChI=1S/C11H18N4O/c1-3-8-10(7-15(2)14-8)13-11(16)9-5-4-6-12-9/h7,9,12H,3-6H2,1-2H3,(H,13,16). The molecular weight excluding hydrogens is 204 g/mol. The zero-order valence-electron chi connectivity index (χ0n) is 9.79. The summed E-state index contributed by atoms with van der Waals surface area (Å²) in [7, 11) is 1.86. The molecule has 1 aliphatic rings. The van der Waals surface area contributed by atoms with E-state index >= 15 is 0 Å². The predicted molar refractivity (Wildman–Crippen MR) is 62.2 cm³/mol. The SMILES string of the molecule is CCc1nn(C)cc1NC(=O)C1CCCN1. The van der Waals surface area contributed by atoms with E-state index in [4.69, 9.17) is 0 Å². The Labute approximate surface area is 95.2 Å². The van der Waals surface area contributed by atoms with Crippen molar-refractivity contribution in [3.8, 4) is 0 Å². The van der Waals surface area contributed by atoms with Crippen LogP contribution in [0.5, 0.6) is 0 Å². The quantitative estimate of drug-likeness (QED) is 0.790. The van der Waals surface area contributed by atoms with Crippen LogP contribution in [0.4, 0.5) is 5.69 Å². The topological polar surface area (TPSA) is 59.0 Å². The summed E-state index contributed by atoms with van der Waals surface area (Å²) < 4.78 is 1.73. The first-order valence-electron chi connectivity index (χ1n) is 5.77. The molecular formula is C11H18N4O. The van der Waals surface area contributed by atoms with Crippen molar-refractivity contribution in [3.05, 3.63) is 11.9 Å². The molecule has 1 aromatic rings. The summed E-state index contributed by atoms with van der Waals surface area (Å²) >= 11 is 0. The number of nitrogens with one attached hydrogen (secondary N) is 2. The summed E-state index contributed by atoms with van der Waals surface area (Å²) in [5, 5.41) is 10.4. The second kappa shape index (κ2) is 4.65. The highest BCUT2D eigenvalue weighted by Gasteiger charge is 2.22. The summed E-state index contributed by atoms with van der Waals surface area (Å²) in [5.41, 5.74) is 1.78. The van der Waals surface area contributed by atoms with Crippen LogP contribution in [-0.2, 0) is 18.3 Å². The number of rotatable bonds is 3. The fourth-order valence-corrected chi connectivity index (χ4v) is 2.03. The molecule has 1 atom stereocenters. The molecule has 0 bridgehead atoms. The third-order valence-corrected chi connectivity index (χ3v) is 2.87. The molecule has 2 rings (SSSR count). The molecule has 1 fully saturated rings. The van der Waals surface area contributed by atoms with Gasteiger partial charge >= 0.3 is 0 Å². The minimum Gasteiger partial charge on any atom is -0.322 e. The number of carbonyl (C=O) groups excluding carboxylic acids is 1. The van der Waals surface area contributed by atoms with Gasteiger partial charge in [0.2, 0.25) is 5.91 Å². The summed E-state index contributed by atoms with van der Waals surface area (Å²) in [4.78, 5) is 11.9. The highest BCUT2D eigenvalue weighted by atomic mass is 16.2. The van der Waals surface area contributed by atoms with Crippen LogP contribution in [0.3, 0.4) is 0 Å². The van der Waals surface area contributed by atoms with Crippen LogP contribution in [0.2, 0.25) is 0 Å². The van der Waals surface area contributed by atoms with Crippen LogP contribution in [0.1, 0.15) is 25.5 Å². The van der Waals surface area contributed by atoms with Crippen molar-refractivity contribution >= 4 is 11.6 Å². The first-order chi connectivity index (χ1) is 7.70. The van der Waals surface area contributed by atoms with Crippen molar-refractivity contribution in [1.82, 2.24) is 15.1 Å². The molecule has 1 amide bonds. The third kappa shape index (κ3) is 2.24. The highest BCUT2D eigenvalue weighted by molar-refractivity contribution is 5.95. The number of carbonyl (C=O) groups is 1. The van der Waals surface area contributed by atoms with Crippen molar-refractivity contribution < 1.29 is 4.79 Å². The molecule has 1 aromatic heterocycles. The first kappa shape index (κ1) is 11.1. The van der Waals surface area contributed by atoms with Gasteiger partial charge in [-0.15, -0.1) is 0 Å². The van der Waals surface area contributed by atoms with Crippen molar-refractivity contribution in [1.29, 1.82) is 0 Å². The molecule has 2 N–H and O–H groups in total. The maximum Gasteiger partial charge on any atom is 0.241 e. The smallest absolute Gasteiger partial charge is 0.241 e. The molecule has 16 heavy (non-hydrogen) atoms. The van der Waals surface area contributed by atoms with Gasteiger partial charge in [-0.3, -0.25) is 9.48 Å². The Morgan fingerprint density at radius 2 is 2.56 bits per heavy atom. The Morgan fingerprint density at radius 1 is 1.75 bits per heavy atom. The lowest BCUT2D eigenvalue weighted by Crippen LogP contribution is -2.35. The maximum absolute atomic E-state index is 11.9. The fourth-order valence-electron chi connectivity index (χ4n) is 2.03. The average Bonchev–Trinajstić information content (AvgIpc) is 2.87. The lowest BCUT2D eigenvalue weighted by molar-refractivity contribution is -0.117. The molecule has 0 aliphatic carbocycles. The molecule has 2 heterocycles. The van der Waals surface area contributed by atoms with Gasteiger partial charge in [-0.05, 0) is 25.8 Å². The summed E-state index contributed by atoms with van der Waals surface area (Å²) in [5.74, 6) is 0.0557. The van der Waals surface area contributed by atoms with E-state index < -0.39 is 0 Å². The van der Waals surface area contributed by atoms with E-state index in [0.29, 0.717) is 0 Å². The maximum atomic E-state index is 11.9. The van der Waals surface area contributed by atoms with Gasteiger partial charge in [0.15, 0.2) is 0 Å². The van der Waals surface area contributed by atoms with Crippen LogP contribution in [0, 0.1) is 0 Å². The van der Waals surface area contributed by atoms with Gasteiger partial charge < -0.3 is 10.6 Å². The van der Waals surface area contributed by atoms with E-state index in [2.05, 4.69) is 15.7 Å². The van der Waals surface area contributed by atoms with Crippen molar-refractivity contribution in [2.75, 3.05) is 11.9 Å². The lowest BCUT2D eigenvalue weighted by atomic mass is 10.2. The van der Waals surface area contributed by atoms with Gasteiger partial charge in [0, 0.05) is 13.2 Å². The normalized spacial score (nSPS) is 20.0. The van der Waals surface area contributed by atoms with E-state index in [1.807, 2.05) is 20.2 Å². The summed E-state index contributed by atoms with van der Waals surface area (Å²) in [6, 6.07) is -0.0371. The summed E-state index contributed by atoms with van der Waals surface area (Å²) in [6.07, 6.45) is 4.68. The minimum absolute atomic E-state index is 0.0371. The predicted octanol–water partition coefficient (Wildman–Crippen LogP) is 0.673. The van der Waals surface area contributed by atoms with Crippen molar-refractivity contribution in [3.63, 3.8) is 0 Å². The average molecular weight is 222 g/mol. The molecule has 1 unspecified atom stereocenters. The van der Waals surface area contributed by atoms with Crippen LogP contribution < -0.4 is 10.6 Å². The highest BCUT2D eigenvalue weighted by Crippen LogP contribution is 2.15. The number of anilines is 1. The Kier molecular flexibility index (Phi) is 3.24. The van der Waals surface area contributed by atoms with Gasteiger partial charge in [-0.1, -0.05) is 6.92 Å². The number of aromatic nitrogens is 2. The molecule has 5 heteroatoms. The van der Waals surface area contributed by atoms with E-state index in [1.165, 1.54) is 0 Å². The third-order valence-electron chi connectivity index (χ3n) is 2.87. The molecule has 0 saturated carbocycles. The molecule has 1 saturated heterocycles. The number of nitrogens with zero attached hydrogens (tertiary/aromatic N) is 2. The van der Waals surface area contributed by atoms with Crippen LogP contribution in [-0.4, -0.2) is 28.3 Å². The van der Waals surface area contributed by atoms with Crippen LogP contribution in [0.15, 0.2) is 6.20 Å². The molecule has 1 aliphatic heterocycles. The Hall–Kier alpha value is -1.36. The van der Waals surface area contributed by atoms with E-state index in [-0.39, 0.29) is 11.9 Å². The van der Waals surface area contributed by atoms with E-state index in [1.54, 1.807) is 4.68 Å². The molecule has 88 valence electrons. The Bertz CT molecular complexity index is 379.